The van der Waals surface area contributed by atoms with Crippen LogP contribution in [0.3, 0.4) is 0 Å². The van der Waals surface area contributed by atoms with Crippen LogP contribution in [0.2, 0.25) is 0 Å². The van der Waals surface area contributed by atoms with Crippen LogP contribution in [0.1, 0.15) is 36.8 Å². The summed E-state index contributed by atoms with van der Waals surface area (Å²) in [6.07, 6.45) is 5.15. The topological polar surface area (TPSA) is 59.7 Å². The fourth-order valence-corrected chi connectivity index (χ4v) is 2.60. The molecule has 6 heteroatoms. The van der Waals surface area contributed by atoms with Crippen LogP contribution in [0.25, 0.3) is 16.9 Å². The number of fused-ring (bicyclic) bond motifs is 1. The van der Waals surface area contributed by atoms with E-state index in [1.54, 1.807) is 30.0 Å². The van der Waals surface area contributed by atoms with Gasteiger partial charge in [-0.25, -0.2) is 15.0 Å². The highest BCUT2D eigenvalue weighted by atomic mass is 16.7. The predicted octanol–water partition coefficient (Wildman–Crippen LogP) is 3.33. The third-order valence-electron chi connectivity index (χ3n) is 4.18. The summed E-state index contributed by atoms with van der Waals surface area (Å²) in [4.78, 5) is 26.3. The largest absolute Gasteiger partial charge is 0.303 e. The number of imidazole rings is 1. The van der Waals surface area contributed by atoms with E-state index in [9.17, 15) is 4.79 Å². The van der Waals surface area contributed by atoms with E-state index in [0.717, 1.165) is 10.6 Å². The Morgan fingerprint density at radius 3 is 2.48 bits per heavy atom. The Morgan fingerprint density at radius 2 is 1.88 bits per heavy atom. The second kappa shape index (κ2) is 6.29. The van der Waals surface area contributed by atoms with Crippen LogP contribution in [0.5, 0.6) is 0 Å². The summed E-state index contributed by atoms with van der Waals surface area (Å²) < 4.78 is 1.80. The Hall–Kier alpha value is -2.73. The van der Waals surface area contributed by atoms with Crippen LogP contribution in [0, 0.1) is 0 Å². The zero-order valence-electron chi connectivity index (χ0n) is 15.1. The van der Waals surface area contributed by atoms with E-state index in [1.807, 2.05) is 12.1 Å². The standard InChI is InChI=1S/C19H22N4O2/c1-19(2,3)14-8-6-13(7-9-14)16-17-20-10-11-23(17)12-15(21-16)18(24)22(4)25-5/h6-12H,1-5H3. The van der Waals surface area contributed by atoms with Gasteiger partial charge in [-0.15, -0.1) is 0 Å². The van der Waals surface area contributed by atoms with Gasteiger partial charge in [-0.3, -0.25) is 9.63 Å². The molecule has 0 N–H and O–H groups in total. The number of hydrogen-bond acceptors (Lipinski definition) is 4. The lowest BCUT2D eigenvalue weighted by Crippen LogP contribution is -2.26. The van der Waals surface area contributed by atoms with Crippen LogP contribution in [-0.2, 0) is 10.3 Å². The van der Waals surface area contributed by atoms with Crippen molar-refractivity contribution in [3.05, 3.63) is 54.1 Å². The minimum Gasteiger partial charge on any atom is -0.303 e. The molecule has 2 heterocycles. The fourth-order valence-electron chi connectivity index (χ4n) is 2.60. The second-order valence-corrected chi connectivity index (χ2v) is 6.95. The van der Waals surface area contributed by atoms with Gasteiger partial charge in [0.25, 0.3) is 5.91 Å². The van der Waals surface area contributed by atoms with Gasteiger partial charge in [0.15, 0.2) is 5.65 Å². The summed E-state index contributed by atoms with van der Waals surface area (Å²) in [7, 11) is 3.00. The van der Waals surface area contributed by atoms with Gasteiger partial charge in [0.05, 0.1) is 7.11 Å². The molecule has 0 spiro atoms. The highest BCUT2D eigenvalue weighted by Crippen LogP contribution is 2.27. The van der Waals surface area contributed by atoms with Crippen molar-refractivity contribution in [2.24, 2.45) is 0 Å². The van der Waals surface area contributed by atoms with Crippen LogP contribution < -0.4 is 0 Å². The lowest BCUT2D eigenvalue weighted by Gasteiger charge is -2.19. The van der Waals surface area contributed by atoms with Crippen molar-refractivity contribution in [1.82, 2.24) is 19.4 Å². The average molecular weight is 338 g/mol. The van der Waals surface area contributed by atoms with E-state index in [1.165, 1.54) is 12.7 Å². The number of amides is 1. The SMILES string of the molecule is CON(C)C(=O)c1cn2ccnc2c(-c2ccc(C(C)(C)C)cc2)n1. The Kier molecular flexibility index (Phi) is 4.30. The summed E-state index contributed by atoms with van der Waals surface area (Å²) in [5, 5.41) is 1.15. The van der Waals surface area contributed by atoms with Gasteiger partial charge in [0, 0.05) is 31.2 Å². The van der Waals surface area contributed by atoms with Gasteiger partial charge in [-0.05, 0) is 11.0 Å². The summed E-state index contributed by atoms with van der Waals surface area (Å²) >= 11 is 0. The Balaban J connectivity index is 2.12. The first kappa shape index (κ1) is 17.1. The highest BCUT2D eigenvalue weighted by Gasteiger charge is 2.19. The van der Waals surface area contributed by atoms with Crippen molar-refractivity contribution in [2.75, 3.05) is 14.2 Å². The minimum atomic E-state index is -0.314. The lowest BCUT2D eigenvalue weighted by atomic mass is 9.86. The molecule has 0 unspecified atom stereocenters. The minimum absolute atomic E-state index is 0.0770. The third kappa shape index (κ3) is 3.25. The first-order chi connectivity index (χ1) is 11.8. The van der Waals surface area contributed by atoms with Crippen molar-refractivity contribution in [3.63, 3.8) is 0 Å². The Bertz CT molecular complexity index is 907. The lowest BCUT2D eigenvalue weighted by molar-refractivity contribution is -0.0760. The number of nitrogens with zero attached hydrogens (tertiary/aromatic N) is 4. The van der Waals surface area contributed by atoms with Crippen molar-refractivity contribution in [3.8, 4) is 11.3 Å². The molecule has 0 aliphatic carbocycles. The van der Waals surface area contributed by atoms with E-state index in [4.69, 9.17) is 4.84 Å². The van der Waals surface area contributed by atoms with Crippen LogP contribution in [0.15, 0.2) is 42.9 Å². The average Bonchev–Trinajstić information content (AvgIpc) is 3.07. The molecule has 1 amide bonds. The molecule has 0 saturated carbocycles. The zero-order chi connectivity index (χ0) is 18.2. The molecule has 3 rings (SSSR count). The highest BCUT2D eigenvalue weighted by molar-refractivity contribution is 5.92. The number of carbonyl (C=O) groups excluding carboxylic acids is 1. The van der Waals surface area contributed by atoms with E-state index >= 15 is 0 Å². The van der Waals surface area contributed by atoms with E-state index in [2.05, 4.69) is 42.9 Å². The molecule has 0 radical (unpaired) electrons. The first-order valence-electron chi connectivity index (χ1n) is 8.08. The van der Waals surface area contributed by atoms with Crippen LogP contribution in [0.4, 0.5) is 0 Å². The van der Waals surface area contributed by atoms with Crippen LogP contribution in [-0.4, -0.2) is 39.5 Å². The quantitative estimate of drug-likeness (QED) is 0.687. The van der Waals surface area contributed by atoms with E-state index in [0.29, 0.717) is 17.0 Å². The predicted molar refractivity (Wildman–Crippen MR) is 96.2 cm³/mol. The summed E-state index contributed by atoms with van der Waals surface area (Å²) in [6.45, 7) is 6.52. The first-order valence-corrected chi connectivity index (χ1v) is 8.08. The molecule has 1 aromatic carbocycles. The number of aromatic nitrogens is 3. The monoisotopic (exact) mass is 338 g/mol. The summed E-state index contributed by atoms with van der Waals surface area (Å²) in [5.74, 6) is -0.314. The molecular weight excluding hydrogens is 316 g/mol. The second-order valence-electron chi connectivity index (χ2n) is 6.95. The number of carbonyl (C=O) groups is 1. The van der Waals surface area contributed by atoms with Crippen LogP contribution >= 0.6 is 0 Å². The number of hydroxylamine groups is 2. The van der Waals surface area contributed by atoms with Crippen molar-refractivity contribution in [1.29, 1.82) is 0 Å². The Morgan fingerprint density at radius 1 is 1.20 bits per heavy atom. The smallest absolute Gasteiger partial charge is 0.297 e. The summed E-state index contributed by atoms with van der Waals surface area (Å²) in [5.41, 5.74) is 3.90. The molecule has 0 saturated heterocycles. The third-order valence-corrected chi connectivity index (χ3v) is 4.18. The number of benzene rings is 1. The molecular formula is C19H22N4O2. The normalized spacial score (nSPS) is 11.7. The van der Waals surface area contributed by atoms with Gasteiger partial charge >= 0.3 is 0 Å². The molecule has 0 fully saturated rings. The van der Waals surface area contributed by atoms with Gasteiger partial charge in [-0.1, -0.05) is 45.0 Å². The van der Waals surface area contributed by atoms with Crippen molar-refractivity contribution < 1.29 is 9.63 Å². The van der Waals surface area contributed by atoms with Gasteiger partial charge in [0.1, 0.15) is 11.4 Å². The molecule has 0 atom stereocenters. The summed E-state index contributed by atoms with van der Waals surface area (Å²) in [6, 6.07) is 8.22. The van der Waals surface area contributed by atoms with Crippen molar-refractivity contribution in [2.45, 2.75) is 26.2 Å². The molecule has 0 aliphatic heterocycles. The Labute approximate surface area is 147 Å². The van der Waals surface area contributed by atoms with Gasteiger partial charge < -0.3 is 4.40 Å². The molecule has 6 nitrogen and oxygen atoms in total. The zero-order valence-corrected chi connectivity index (χ0v) is 15.1. The molecule has 0 aliphatic rings. The number of hydrogen-bond donors (Lipinski definition) is 0. The maximum Gasteiger partial charge on any atom is 0.297 e. The fraction of sp³-hybridized carbons (Fsp3) is 0.316. The molecule has 0 bridgehead atoms. The molecule has 130 valence electrons. The molecule has 25 heavy (non-hydrogen) atoms. The molecule has 3 aromatic rings. The number of rotatable bonds is 3. The van der Waals surface area contributed by atoms with Gasteiger partial charge in [-0.2, -0.15) is 0 Å². The molecule has 2 aromatic heterocycles. The maximum atomic E-state index is 12.4. The maximum absolute atomic E-state index is 12.4. The van der Waals surface area contributed by atoms with Crippen molar-refractivity contribution >= 4 is 11.6 Å². The van der Waals surface area contributed by atoms with E-state index in [-0.39, 0.29) is 11.3 Å². The van der Waals surface area contributed by atoms with Gasteiger partial charge in [0.2, 0.25) is 0 Å². The van der Waals surface area contributed by atoms with E-state index < -0.39 is 0 Å².